The molecule has 1 unspecified atom stereocenters. The summed E-state index contributed by atoms with van der Waals surface area (Å²) in [5.41, 5.74) is 2.06. The van der Waals surface area contributed by atoms with Crippen LogP contribution in [0.2, 0.25) is 0 Å². The van der Waals surface area contributed by atoms with Crippen molar-refractivity contribution in [3.8, 4) is 0 Å². The van der Waals surface area contributed by atoms with Crippen LogP contribution in [0, 0.1) is 5.41 Å². The van der Waals surface area contributed by atoms with Crippen molar-refractivity contribution in [1.82, 2.24) is 15.3 Å². The van der Waals surface area contributed by atoms with E-state index in [2.05, 4.69) is 29.0 Å². The van der Waals surface area contributed by atoms with Crippen molar-refractivity contribution in [2.75, 3.05) is 31.2 Å². The molecule has 1 N–H and O–H groups in total. The van der Waals surface area contributed by atoms with Crippen molar-refractivity contribution < 1.29 is 13.9 Å². The quantitative estimate of drug-likeness (QED) is 0.909. The van der Waals surface area contributed by atoms with Crippen molar-refractivity contribution in [3.63, 3.8) is 0 Å². The molecule has 138 valence electrons. The highest BCUT2D eigenvalue weighted by molar-refractivity contribution is 5.91. The van der Waals surface area contributed by atoms with Gasteiger partial charge in [0.15, 0.2) is 5.76 Å². The SMILES string of the molecule is CC1(C)Cc2nc(N3CCOCC3)ncc2C(NC(=O)c2ccco2)C1. The molecule has 0 aromatic carbocycles. The molecule has 7 nitrogen and oxygen atoms in total. The Bertz CT molecular complexity index is 782. The summed E-state index contributed by atoms with van der Waals surface area (Å²) >= 11 is 0. The van der Waals surface area contributed by atoms with Gasteiger partial charge in [-0.25, -0.2) is 9.97 Å². The van der Waals surface area contributed by atoms with Crippen LogP contribution in [-0.4, -0.2) is 42.2 Å². The van der Waals surface area contributed by atoms with Gasteiger partial charge in [-0.2, -0.15) is 0 Å². The molecule has 0 spiro atoms. The molecule has 26 heavy (non-hydrogen) atoms. The van der Waals surface area contributed by atoms with E-state index in [-0.39, 0.29) is 17.4 Å². The second-order valence-corrected chi connectivity index (χ2v) is 7.72. The molecule has 0 bridgehead atoms. The van der Waals surface area contributed by atoms with Gasteiger partial charge in [0.1, 0.15) is 0 Å². The number of furan rings is 1. The van der Waals surface area contributed by atoms with Crippen LogP contribution in [-0.2, 0) is 11.2 Å². The Morgan fingerprint density at radius 1 is 1.35 bits per heavy atom. The first kappa shape index (κ1) is 17.0. The summed E-state index contributed by atoms with van der Waals surface area (Å²) in [6.45, 7) is 7.43. The van der Waals surface area contributed by atoms with Crippen molar-refractivity contribution >= 4 is 11.9 Å². The van der Waals surface area contributed by atoms with E-state index in [0.717, 1.165) is 43.1 Å². The van der Waals surface area contributed by atoms with Gasteiger partial charge in [0.05, 0.1) is 31.2 Å². The Morgan fingerprint density at radius 2 is 2.15 bits per heavy atom. The van der Waals surface area contributed by atoms with Gasteiger partial charge in [-0.1, -0.05) is 13.8 Å². The maximum absolute atomic E-state index is 12.4. The molecule has 1 aliphatic heterocycles. The first-order chi connectivity index (χ1) is 12.5. The zero-order valence-corrected chi connectivity index (χ0v) is 15.2. The number of anilines is 1. The van der Waals surface area contributed by atoms with Crippen LogP contribution in [0.15, 0.2) is 29.0 Å². The minimum Gasteiger partial charge on any atom is -0.459 e. The van der Waals surface area contributed by atoms with Crippen molar-refractivity contribution in [1.29, 1.82) is 0 Å². The molecule has 2 aliphatic rings. The monoisotopic (exact) mass is 356 g/mol. The lowest BCUT2D eigenvalue weighted by molar-refractivity contribution is 0.0890. The second kappa shape index (κ2) is 6.72. The van der Waals surface area contributed by atoms with E-state index in [1.54, 1.807) is 12.1 Å². The fraction of sp³-hybridized carbons (Fsp3) is 0.526. The van der Waals surface area contributed by atoms with Crippen LogP contribution in [0.25, 0.3) is 0 Å². The lowest BCUT2D eigenvalue weighted by Crippen LogP contribution is -2.39. The number of hydrogen-bond acceptors (Lipinski definition) is 6. The van der Waals surface area contributed by atoms with Gasteiger partial charge in [0.25, 0.3) is 5.91 Å². The molecule has 3 heterocycles. The Kier molecular flexibility index (Phi) is 4.40. The van der Waals surface area contributed by atoms with Crippen LogP contribution < -0.4 is 10.2 Å². The number of amides is 1. The van der Waals surface area contributed by atoms with Crippen LogP contribution in [0.3, 0.4) is 0 Å². The van der Waals surface area contributed by atoms with Crippen LogP contribution >= 0.6 is 0 Å². The number of aromatic nitrogens is 2. The molecule has 4 rings (SSSR count). The number of nitrogens with zero attached hydrogens (tertiary/aromatic N) is 3. The molecular formula is C19H24N4O3. The number of morpholine rings is 1. The predicted molar refractivity (Wildman–Crippen MR) is 96.1 cm³/mol. The average molecular weight is 356 g/mol. The number of ether oxygens (including phenoxy) is 1. The molecule has 1 aliphatic carbocycles. The number of carbonyl (C=O) groups excluding carboxylic acids is 1. The van der Waals surface area contributed by atoms with Crippen LogP contribution in [0.4, 0.5) is 5.95 Å². The number of nitrogens with one attached hydrogen (secondary N) is 1. The van der Waals surface area contributed by atoms with Crippen LogP contribution in [0.5, 0.6) is 0 Å². The fourth-order valence-electron chi connectivity index (χ4n) is 3.72. The molecule has 7 heteroatoms. The van der Waals surface area contributed by atoms with Gasteiger partial charge in [0.2, 0.25) is 5.95 Å². The molecule has 1 amide bonds. The first-order valence-corrected chi connectivity index (χ1v) is 9.05. The van der Waals surface area contributed by atoms with Crippen LogP contribution in [0.1, 0.15) is 48.1 Å². The molecular weight excluding hydrogens is 332 g/mol. The average Bonchev–Trinajstić information content (AvgIpc) is 3.16. The maximum Gasteiger partial charge on any atom is 0.287 e. The van der Waals surface area contributed by atoms with Crippen molar-refractivity contribution in [2.45, 2.75) is 32.7 Å². The second-order valence-electron chi connectivity index (χ2n) is 7.72. The smallest absolute Gasteiger partial charge is 0.287 e. The lowest BCUT2D eigenvalue weighted by Gasteiger charge is -2.37. The normalized spacial score (nSPS) is 21.9. The van der Waals surface area contributed by atoms with E-state index < -0.39 is 0 Å². The Morgan fingerprint density at radius 3 is 2.88 bits per heavy atom. The highest BCUT2D eigenvalue weighted by atomic mass is 16.5. The summed E-state index contributed by atoms with van der Waals surface area (Å²) in [5.74, 6) is 0.863. The molecule has 1 fully saturated rings. The number of carbonyl (C=O) groups is 1. The van der Waals surface area contributed by atoms with Gasteiger partial charge in [-0.3, -0.25) is 4.79 Å². The van der Waals surface area contributed by atoms with E-state index in [1.807, 2.05) is 6.20 Å². The van der Waals surface area contributed by atoms with Gasteiger partial charge in [-0.15, -0.1) is 0 Å². The van der Waals surface area contributed by atoms with E-state index in [1.165, 1.54) is 6.26 Å². The summed E-state index contributed by atoms with van der Waals surface area (Å²) in [5, 5.41) is 3.09. The summed E-state index contributed by atoms with van der Waals surface area (Å²) < 4.78 is 10.6. The van der Waals surface area contributed by atoms with E-state index in [0.29, 0.717) is 19.0 Å². The maximum atomic E-state index is 12.4. The zero-order chi connectivity index (χ0) is 18.1. The largest absolute Gasteiger partial charge is 0.459 e. The minimum atomic E-state index is -0.207. The number of rotatable bonds is 3. The Balaban J connectivity index is 1.60. The topological polar surface area (TPSA) is 80.5 Å². The van der Waals surface area contributed by atoms with Crippen molar-refractivity contribution in [2.24, 2.45) is 5.41 Å². The van der Waals surface area contributed by atoms with E-state index >= 15 is 0 Å². The number of hydrogen-bond donors (Lipinski definition) is 1. The third kappa shape index (κ3) is 3.44. The lowest BCUT2D eigenvalue weighted by atomic mass is 9.74. The van der Waals surface area contributed by atoms with E-state index in [4.69, 9.17) is 14.1 Å². The van der Waals surface area contributed by atoms with Gasteiger partial charge >= 0.3 is 0 Å². The summed E-state index contributed by atoms with van der Waals surface area (Å²) in [6.07, 6.45) is 5.09. The standard InChI is InChI=1S/C19H24N4O3/c1-19(2)10-14(21-17(24)16-4-3-7-26-16)13-12-20-18(22-15(13)11-19)23-5-8-25-9-6-23/h3-4,7,12,14H,5-6,8-11H2,1-2H3,(H,21,24). The Hall–Kier alpha value is -2.41. The van der Waals surface area contributed by atoms with Gasteiger partial charge in [0, 0.05) is 24.8 Å². The fourth-order valence-corrected chi connectivity index (χ4v) is 3.72. The predicted octanol–water partition coefficient (Wildman–Crippen LogP) is 2.35. The summed E-state index contributed by atoms with van der Waals surface area (Å²) in [7, 11) is 0. The molecule has 0 radical (unpaired) electrons. The summed E-state index contributed by atoms with van der Waals surface area (Å²) in [4.78, 5) is 24.0. The number of fused-ring (bicyclic) bond motifs is 1. The first-order valence-electron chi connectivity index (χ1n) is 9.05. The molecule has 2 aromatic heterocycles. The molecule has 2 aromatic rings. The van der Waals surface area contributed by atoms with Crippen molar-refractivity contribution in [3.05, 3.63) is 41.6 Å². The van der Waals surface area contributed by atoms with Gasteiger partial charge < -0.3 is 19.4 Å². The molecule has 1 saturated heterocycles. The highest BCUT2D eigenvalue weighted by Gasteiger charge is 2.35. The minimum absolute atomic E-state index is 0.0464. The third-order valence-electron chi connectivity index (χ3n) is 5.01. The summed E-state index contributed by atoms with van der Waals surface area (Å²) in [6, 6.07) is 3.26. The van der Waals surface area contributed by atoms with E-state index in [9.17, 15) is 4.79 Å². The Labute approximate surface area is 152 Å². The molecule has 1 atom stereocenters. The third-order valence-corrected chi connectivity index (χ3v) is 5.01. The van der Waals surface area contributed by atoms with Gasteiger partial charge in [-0.05, 0) is 30.4 Å². The molecule has 0 saturated carbocycles. The zero-order valence-electron chi connectivity index (χ0n) is 15.2. The highest BCUT2D eigenvalue weighted by Crippen LogP contribution is 2.40.